The van der Waals surface area contributed by atoms with Crippen molar-refractivity contribution in [3.05, 3.63) is 30.3 Å². The number of carbonyl (C=O) groups is 1. The molecule has 1 aromatic rings. The predicted molar refractivity (Wildman–Crippen MR) is 94.8 cm³/mol. The highest BCUT2D eigenvalue weighted by Crippen LogP contribution is 2.61. The zero-order valence-electron chi connectivity index (χ0n) is 14.7. The van der Waals surface area contributed by atoms with Crippen LogP contribution in [0.4, 0.5) is 0 Å². The van der Waals surface area contributed by atoms with E-state index in [4.69, 9.17) is 4.74 Å². The average Bonchev–Trinajstić information content (AvgIpc) is 2.54. The zero-order valence-corrected chi connectivity index (χ0v) is 14.7. The van der Waals surface area contributed by atoms with Crippen LogP contribution < -0.4 is 10.1 Å². The smallest absolute Gasteiger partial charge is 0.223 e. The van der Waals surface area contributed by atoms with Crippen molar-refractivity contribution in [1.82, 2.24) is 5.32 Å². The van der Waals surface area contributed by atoms with Gasteiger partial charge in [0, 0.05) is 6.04 Å². The highest BCUT2D eigenvalue weighted by molar-refractivity contribution is 5.76. The van der Waals surface area contributed by atoms with Crippen molar-refractivity contribution < 1.29 is 9.53 Å². The van der Waals surface area contributed by atoms with Crippen LogP contribution >= 0.6 is 0 Å². The van der Waals surface area contributed by atoms with Crippen molar-refractivity contribution in [3.8, 4) is 5.75 Å². The van der Waals surface area contributed by atoms with Gasteiger partial charge in [-0.05, 0) is 80.8 Å². The van der Waals surface area contributed by atoms with Gasteiger partial charge in [-0.2, -0.15) is 0 Å². The lowest BCUT2D eigenvalue weighted by Crippen LogP contribution is -2.55. The lowest BCUT2D eigenvalue weighted by Gasteiger charge is -2.59. The second-order valence-electron chi connectivity index (χ2n) is 8.48. The van der Waals surface area contributed by atoms with Crippen LogP contribution in [0.3, 0.4) is 0 Å². The third kappa shape index (κ3) is 3.18. The number of ether oxygens (including phenoxy) is 1. The van der Waals surface area contributed by atoms with Crippen molar-refractivity contribution in [2.45, 2.75) is 57.9 Å². The summed E-state index contributed by atoms with van der Waals surface area (Å²) in [5, 5.41) is 3.30. The Hall–Kier alpha value is -1.51. The molecule has 130 valence electrons. The molecule has 4 fully saturated rings. The lowest BCUT2D eigenvalue weighted by atomic mass is 9.48. The minimum absolute atomic E-state index is 0.133. The number of carbonyl (C=O) groups excluding carboxylic acids is 1. The molecule has 4 aliphatic rings. The molecule has 1 aromatic carbocycles. The maximum atomic E-state index is 12.3. The fourth-order valence-corrected chi connectivity index (χ4v) is 5.95. The maximum absolute atomic E-state index is 12.3. The SMILES string of the molecule is CC(NC(=O)CCOc1ccccc1)C12CC3CC(CC(C3)C1)C2. The van der Waals surface area contributed by atoms with E-state index in [0.29, 0.717) is 24.5 Å². The Morgan fingerprint density at radius 3 is 2.29 bits per heavy atom. The molecule has 0 aromatic heterocycles. The van der Waals surface area contributed by atoms with Crippen LogP contribution in [0.15, 0.2) is 30.3 Å². The standard InChI is InChI=1S/C21H29NO2/c1-15(21-12-16-9-17(13-21)11-18(10-16)14-21)22-20(23)7-8-24-19-5-3-2-4-6-19/h2-6,15-18H,7-14H2,1H3,(H,22,23). The molecule has 1 unspecified atom stereocenters. The topological polar surface area (TPSA) is 38.3 Å². The van der Waals surface area contributed by atoms with Crippen LogP contribution in [-0.2, 0) is 4.79 Å². The largest absolute Gasteiger partial charge is 0.493 e. The Morgan fingerprint density at radius 1 is 1.12 bits per heavy atom. The van der Waals surface area contributed by atoms with Gasteiger partial charge in [0.2, 0.25) is 5.91 Å². The number of para-hydroxylation sites is 1. The molecule has 5 rings (SSSR count). The van der Waals surface area contributed by atoms with E-state index >= 15 is 0 Å². The Balaban J connectivity index is 1.28. The Kier molecular flexibility index (Phi) is 4.28. The van der Waals surface area contributed by atoms with Gasteiger partial charge >= 0.3 is 0 Å². The molecule has 4 aliphatic carbocycles. The van der Waals surface area contributed by atoms with E-state index in [9.17, 15) is 4.79 Å². The van der Waals surface area contributed by atoms with Crippen LogP contribution in [-0.4, -0.2) is 18.6 Å². The fourth-order valence-electron chi connectivity index (χ4n) is 5.95. The number of benzene rings is 1. The summed E-state index contributed by atoms with van der Waals surface area (Å²) in [6.07, 6.45) is 8.79. The first-order chi connectivity index (χ1) is 11.6. The third-order valence-electron chi connectivity index (χ3n) is 6.72. The first-order valence-corrected chi connectivity index (χ1v) is 9.60. The summed E-state index contributed by atoms with van der Waals surface area (Å²) in [6, 6.07) is 10.0. The Morgan fingerprint density at radius 2 is 1.71 bits per heavy atom. The highest BCUT2D eigenvalue weighted by atomic mass is 16.5. The van der Waals surface area contributed by atoms with Crippen LogP contribution in [0.1, 0.15) is 51.9 Å². The molecule has 4 bridgehead atoms. The maximum Gasteiger partial charge on any atom is 0.223 e. The van der Waals surface area contributed by atoms with E-state index < -0.39 is 0 Å². The van der Waals surface area contributed by atoms with Crippen molar-refractivity contribution in [2.75, 3.05) is 6.61 Å². The molecule has 1 amide bonds. The molecular formula is C21H29NO2. The summed E-state index contributed by atoms with van der Waals surface area (Å²) in [4.78, 5) is 12.3. The van der Waals surface area contributed by atoms with E-state index in [-0.39, 0.29) is 5.91 Å². The van der Waals surface area contributed by atoms with Crippen LogP contribution in [0, 0.1) is 23.2 Å². The molecule has 0 heterocycles. The lowest BCUT2D eigenvalue weighted by molar-refractivity contribution is -0.126. The molecule has 1 atom stereocenters. The summed E-state index contributed by atoms with van der Waals surface area (Å²) < 4.78 is 5.65. The summed E-state index contributed by atoms with van der Waals surface area (Å²) >= 11 is 0. The molecule has 0 saturated heterocycles. The molecule has 3 nitrogen and oxygen atoms in total. The van der Waals surface area contributed by atoms with Crippen molar-refractivity contribution in [3.63, 3.8) is 0 Å². The first kappa shape index (κ1) is 16.0. The zero-order chi connectivity index (χ0) is 16.6. The summed E-state index contributed by atoms with van der Waals surface area (Å²) in [7, 11) is 0. The van der Waals surface area contributed by atoms with E-state index in [0.717, 1.165) is 23.5 Å². The number of nitrogens with one attached hydrogen (secondary N) is 1. The molecule has 1 N–H and O–H groups in total. The summed E-state index contributed by atoms with van der Waals surface area (Å²) in [5.41, 5.74) is 0.380. The van der Waals surface area contributed by atoms with Gasteiger partial charge in [0.25, 0.3) is 0 Å². The van der Waals surface area contributed by atoms with E-state index in [1.54, 1.807) is 0 Å². The molecule has 0 radical (unpaired) electrons. The minimum Gasteiger partial charge on any atom is -0.493 e. The first-order valence-electron chi connectivity index (χ1n) is 9.60. The van der Waals surface area contributed by atoms with Gasteiger partial charge in [-0.3, -0.25) is 4.79 Å². The van der Waals surface area contributed by atoms with E-state index in [2.05, 4.69) is 12.2 Å². The quantitative estimate of drug-likeness (QED) is 0.851. The Labute approximate surface area is 145 Å². The number of rotatable bonds is 6. The number of amides is 1. The van der Waals surface area contributed by atoms with Gasteiger partial charge in [-0.15, -0.1) is 0 Å². The molecule has 24 heavy (non-hydrogen) atoms. The van der Waals surface area contributed by atoms with Crippen LogP contribution in [0.5, 0.6) is 5.75 Å². The second-order valence-corrected chi connectivity index (χ2v) is 8.48. The third-order valence-corrected chi connectivity index (χ3v) is 6.72. The van der Waals surface area contributed by atoms with E-state index in [1.165, 1.54) is 38.5 Å². The van der Waals surface area contributed by atoms with Gasteiger partial charge in [-0.25, -0.2) is 0 Å². The van der Waals surface area contributed by atoms with Crippen LogP contribution in [0.2, 0.25) is 0 Å². The molecule has 0 aliphatic heterocycles. The van der Waals surface area contributed by atoms with Gasteiger partial charge in [0.05, 0.1) is 13.0 Å². The molecule has 3 heteroatoms. The van der Waals surface area contributed by atoms with Crippen molar-refractivity contribution >= 4 is 5.91 Å². The highest BCUT2D eigenvalue weighted by Gasteiger charge is 2.53. The molecular weight excluding hydrogens is 298 g/mol. The monoisotopic (exact) mass is 327 g/mol. The van der Waals surface area contributed by atoms with Gasteiger partial charge in [-0.1, -0.05) is 18.2 Å². The summed E-state index contributed by atoms with van der Waals surface area (Å²) in [6.45, 7) is 2.69. The normalized spacial score (nSPS) is 34.8. The minimum atomic E-state index is 0.133. The molecule has 0 spiro atoms. The van der Waals surface area contributed by atoms with E-state index in [1.807, 2.05) is 30.3 Å². The van der Waals surface area contributed by atoms with Gasteiger partial charge in [0.15, 0.2) is 0 Å². The van der Waals surface area contributed by atoms with Gasteiger partial charge in [0.1, 0.15) is 5.75 Å². The number of hydrogen-bond donors (Lipinski definition) is 1. The van der Waals surface area contributed by atoms with Crippen LogP contribution in [0.25, 0.3) is 0 Å². The fraction of sp³-hybridized carbons (Fsp3) is 0.667. The van der Waals surface area contributed by atoms with Gasteiger partial charge < -0.3 is 10.1 Å². The van der Waals surface area contributed by atoms with Crippen molar-refractivity contribution in [1.29, 1.82) is 0 Å². The van der Waals surface area contributed by atoms with Crippen molar-refractivity contribution in [2.24, 2.45) is 23.2 Å². The predicted octanol–water partition coefficient (Wildman–Crippen LogP) is 4.18. The number of hydrogen-bond acceptors (Lipinski definition) is 2. The molecule has 4 saturated carbocycles. The summed E-state index contributed by atoms with van der Waals surface area (Å²) in [5.74, 6) is 3.75. The average molecular weight is 327 g/mol. The Bertz CT molecular complexity index is 547. The second kappa shape index (κ2) is 6.42.